The third-order valence-corrected chi connectivity index (χ3v) is 4.38. The van der Waals surface area contributed by atoms with E-state index in [-0.39, 0.29) is 23.4 Å². The summed E-state index contributed by atoms with van der Waals surface area (Å²) in [5.74, 6) is -0.167. The van der Waals surface area contributed by atoms with E-state index in [4.69, 9.17) is 0 Å². The summed E-state index contributed by atoms with van der Waals surface area (Å²) in [4.78, 5) is 13.5. The van der Waals surface area contributed by atoms with E-state index in [1.807, 2.05) is 13.8 Å². The molecular formula is C13H17N3O3S. The Balaban J connectivity index is 2.21. The second-order valence-electron chi connectivity index (χ2n) is 4.67. The van der Waals surface area contributed by atoms with Crippen molar-refractivity contribution in [2.45, 2.75) is 31.2 Å². The molecule has 0 bridgehead atoms. The smallest absolute Gasteiger partial charge is 0.285 e. The molecule has 0 fully saturated rings. The summed E-state index contributed by atoms with van der Waals surface area (Å²) in [6, 6.07) is 6.60. The van der Waals surface area contributed by atoms with Crippen molar-refractivity contribution in [1.82, 2.24) is 5.32 Å². The molecule has 20 heavy (non-hydrogen) atoms. The Morgan fingerprint density at radius 1 is 1.40 bits per heavy atom. The number of carbonyl (C=O) groups excluding carboxylic acids is 1. The van der Waals surface area contributed by atoms with Crippen LogP contribution in [0.25, 0.3) is 0 Å². The van der Waals surface area contributed by atoms with Gasteiger partial charge in [0.25, 0.3) is 10.0 Å². The van der Waals surface area contributed by atoms with Gasteiger partial charge in [-0.15, -0.1) is 4.40 Å². The number of hydrogen-bond donors (Lipinski definition) is 1. The second-order valence-corrected chi connectivity index (χ2v) is 6.27. The predicted molar refractivity (Wildman–Crippen MR) is 77.4 cm³/mol. The van der Waals surface area contributed by atoms with E-state index in [2.05, 4.69) is 9.71 Å². The fourth-order valence-corrected chi connectivity index (χ4v) is 2.91. The lowest BCUT2D eigenvalue weighted by Gasteiger charge is -2.25. The van der Waals surface area contributed by atoms with Crippen LogP contribution in [0.1, 0.15) is 20.3 Å². The van der Waals surface area contributed by atoms with Crippen LogP contribution in [0.4, 0.5) is 5.69 Å². The number of amides is 1. The van der Waals surface area contributed by atoms with Crippen molar-refractivity contribution < 1.29 is 13.2 Å². The molecule has 0 aromatic heterocycles. The van der Waals surface area contributed by atoms with Crippen molar-refractivity contribution in [3.8, 4) is 0 Å². The molecule has 6 nitrogen and oxygen atoms in total. The molecule has 0 radical (unpaired) electrons. The van der Waals surface area contributed by atoms with E-state index < -0.39 is 10.0 Å². The normalized spacial score (nSPS) is 17.4. The molecule has 1 amide bonds. The van der Waals surface area contributed by atoms with Gasteiger partial charge in [0.2, 0.25) is 5.91 Å². The summed E-state index contributed by atoms with van der Waals surface area (Å²) >= 11 is 0. The van der Waals surface area contributed by atoms with Gasteiger partial charge in [-0.1, -0.05) is 19.1 Å². The standard InChI is InChI=1S/C13H17N3O3S/c1-3-10(2)15-13(17)8-16-9-14-20(18,19)12-7-5-4-6-11(12)16/h4-7,9-10H,3,8H2,1-2H3,(H,15,17)/t10-/m0/s1. The third kappa shape index (κ3) is 2.98. The van der Waals surface area contributed by atoms with Crippen LogP contribution in [0.5, 0.6) is 0 Å². The van der Waals surface area contributed by atoms with Crippen molar-refractivity contribution in [3.05, 3.63) is 24.3 Å². The van der Waals surface area contributed by atoms with Gasteiger partial charge < -0.3 is 10.2 Å². The second kappa shape index (κ2) is 5.62. The quantitative estimate of drug-likeness (QED) is 0.903. The maximum absolute atomic E-state index is 11.9. The maximum atomic E-state index is 11.9. The monoisotopic (exact) mass is 295 g/mol. The third-order valence-electron chi connectivity index (χ3n) is 3.11. The Bertz CT molecular complexity index is 640. The number of nitrogens with one attached hydrogen (secondary N) is 1. The Labute approximate surface area is 118 Å². The lowest BCUT2D eigenvalue weighted by molar-refractivity contribution is -0.120. The number of para-hydroxylation sites is 1. The van der Waals surface area contributed by atoms with Crippen LogP contribution < -0.4 is 10.2 Å². The molecule has 0 saturated carbocycles. The van der Waals surface area contributed by atoms with Crippen LogP contribution in [0.2, 0.25) is 0 Å². The number of anilines is 1. The van der Waals surface area contributed by atoms with Crippen LogP contribution in [-0.2, 0) is 14.8 Å². The molecular weight excluding hydrogens is 278 g/mol. The number of nitrogens with zero attached hydrogens (tertiary/aromatic N) is 2. The highest BCUT2D eigenvalue weighted by Gasteiger charge is 2.25. The van der Waals surface area contributed by atoms with Crippen molar-refractivity contribution in [3.63, 3.8) is 0 Å². The molecule has 1 aliphatic rings. The topological polar surface area (TPSA) is 78.8 Å². The first-order valence-corrected chi connectivity index (χ1v) is 7.83. The zero-order valence-corrected chi connectivity index (χ0v) is 12.2. The summed E-state index contributed by atoms with van der Waals surface area (Å²) < 4.78 is 27.1. The molecule has 1 atom stereocenters. The van der Waals surface area contributed by atoms with Gasteiger partial charge in [0.05, 0.1) is 5.69 Å². The molecule has 0 aliphatic carbocycles. The SMILES string of the molecule is CC[C@H](C)NC(=O)CN1C=NS(=O)(=O)c2ccccc21. The molecule has 1 aliphatic heterocycles. The predicted octanol–water partition coefficient (Wildman–Crippen LogP) is 1.14. The summed E-state index contributed by atoms with van der Waals surface area (Å²) in [6.45, 7) is 3.94. The molecule has 0 saturated heterocycles. The molecule has 108 valence electrons. The first-order valence-electron chi connectivity index (χ1n) is 6.39. The molecule has 1 aromatic carbocycles. The van der Waals surface area contributed by atoms with E-state index in [9.17, 15) is 13.2 Å². The van der Waals surface area contributed by atoms with E-state index in [0.29, 0.717) is 5.69 Å². The Morgan fingerprint density at radius 3 is 2.80 bits per heavy atom. The molecule has 0 spiro atoms. The average molecular weight is 295 g/mol. The zero-order chi connectivity index (χ0) is 14.8. The zero-order valence-electron chi connectivity index (χ0n) is 11.4. The molecule has 0 unspecified atom stereocenters. The minimum atomic E-state index is -3.64. The van der Waals surface area contributed by atoms with Crippen LogP contribution in [0, 0.1) is 0 Å². The summed E-state index contributed by atoms with van der Waals surface area (Å²) in [6.07, 6.45) is 2.03. The number of carbonyl (C=O) groups is 1. The van der Waals surface area contributed by atoms with Crippen molar-refractivity contribution in [2.24, 2.45) is 4.40 Å². The summed E-state index contributed by atoms with van der Waals surface area (Å²) in [5.41, 5.74) is 0.474. The highest BCUT2D eigenvalue weighted by atomic mass is 32.2. The first kappa shape index (κ1) is 14.5. The van der Waals surface area contributed by atoms with Gasteiger partial charge in [-0.2, -0.15) is 8.42 Å². The van der Waals surface area contributed by atoms with Gasteiger partial charge in [0.1, 0.15) is 17.8 Å². The molecule has 2 rings (SSSR count). The van der Waals surface area contributed by atoms with E-state index >= 15 is 0 Å². The van der Waals surface area contributed by atoms with Gasteiger partial charge in [-0.25, -0.2) is 0 Å². The number of sulfonamides is 1. The minimum Gasteiger partial charge on any atom is -0.352 e. The van der Waals surface area contributed by atoms with E-state index in [1.54, 1.807) is 18.2 Å². The fraction of sp³-hybridized carbons (Fsp3) is 0.385. The van der Waals surface area contributed by atoms with E-state index in [1.165, 1.54) is 17.3 Å². The molecule has 1 heterocycles. The summed E-state index contributed by atoms with van der Waals surface area (Å²) in [7, 11) is -3.64. The highest BCUT2D eigenvalue weighted by Crippen LogP contribution is 2.28. The Kier molecular flexibility index (Phi) is 4.08. The molecule has 1 N–H and O–H groups in total. The van der Waals surface area contributed by atoms with Crippen molar-refractivity contribution in [2.75, 3.05) is 11.4 Å². The number of rotatable bonds is 4. The maximum Gasteiger partial charge on any atom is 0.285 e. The summed E-state index contributed by atoms with van der Waals surface area (Å²) in [5, 5.41) is 2.84. The van der Waals surface area contributed by atoms with Gasteiger partial charge >= 0.3 is 0 Å². The minimum absolute atomic E-state index is 0.0420. The van der Waals surface area contributed by atoms with Gasteiger partial charge in [0.15, 0.2) is 0 Å². The van der Waals surface area contributed by atoms with Gasteiger partial charge in [-0.3, -0.25) is 4.79 Å². The largest absolute Gasteiger partial charge is 0.352 e. The highest BCUT2D eigenvalue weighted by molar-refractivity contribution is 7.90. The number of benzene rings is 1. The number of hydrogen-bond acceptors (Lipinski definition) is 4. The van der Waals surface area contributed by atoms with Gasteiger partial charge in [-0.05, 0) is 25.5 Å². The lowest BCUT2D eigenvalue weighted by atomic mass is 10.2. The average Bonchev–Trinajstić information content (AvgIpc) is 2.42. The fourth-order valence-electron chi connectivity index (χ4n) is 1.85. The first-order chi connectivity index (χ1) is 9.44. The molecule has 7 heteroatoms. The number of fused-ring (bicyclic) bond motifs is 1. The van der Waals surface area contributed by atoms with Gasteiger partial charge in [0, 0.05) is 6.04 Å². The lowest BCUT2D eigenvalue weighted by Crippen LogP contribution is -2.41. The van der Waals surface area contributed by atoms with Crippen LogP contribution in [0.15, 0.2) is 33.6 Å². The Morgan fingerprint density at radius 2 is 2.10 bits per heavy atom. The van der Waals surface area contributed by atoms with Crippen LogP contribution in [0.3, 0.4) is 0 Å². The van der Waals surface area contributed by atoms with Crippen molar-refractivity contribution >= 4 is 28.0 Å². The van der Waals surface area contributed by atoms with Crippen molar-refractivity contribution in [1.29, 1.82) is 0 Å². The van der Waals surface area contributed by atoms with E-state index in [0.717, 1.165) is 6.42 Å². The van der Waals surface area contributed by atoms with Crippen LogP contribution in [-0.4, -0.2) is 33.3 Å². The molecule has 1 aromatic rings. The van der Waals surface area contributed by atoms with Crippen LogP contribution >= 0.6 is 0 Å². The Hall–Kier alpha value is -1.89.